The molecule has 1 aliphatic heterocycles. The molecule has 1 atom stereocenters. The number of amides is 2. The van der Waals surface area contributed by atoms with Crippen molar-refractivity contribution in [2.24, 2.45) is 5.73 Å². The molecule has 0 spiro atoms. The Labute approximate surface area is 144 Å². The first-order valence-corrected chi connectivity index (χ1v) is 7.83. The molecular formula is C17H21FN2O5. The number of hydrogen-bond acceptors (Lipinski definition) is 5. The quantitative estimate of drug-likeness (QED) is 0.780. The number of carbonyl (C=O) groups is 3. The normalized spacial score (nSPS) is 15.0. The van der Waals surface area contributed by atoms with Crippen LogP contribution in [0.15, 0.2) is 12.1 Å². The van der Waals surface area contributed by atoms with Gasteiger partial charge in [-0.1, -0.05) is 0 Å². The van der Waals surface area contributed by atoms with Gasteiger partial charge in [0.15, 0.2) is 0 Å². The number of rotatable bonds is 5. The maximum absolute atomic E-state index is 13.4. The molecule has 2 amide bonds. The van der Waals surface area contributed by atoms with Crippen molar-refractivity contribution in [1.82, 2.24) is 4.90 Å². The van der Waals surface area contributed by atoms with Crippen LogP contribution in [0.2, 0.25) is 0 Å². The van der Waals surface area contributed by atoms with Gasteiger partial charge in [0.1, 0.15) is 23.2 Å². The molecule has 8 heteroatoms. The van der Waals surface area contributed by atoms with Gasteiger partial charge in [-0.15, -0.1) is 0 Å². The van der Waals surface area contributed by atoms with Crippen LogP contribution >= 0.6 is 0 Å². The first kappa shape index (κ1) is 18.7. The number of phenolic OH excluding ortho intramolecular Hbond substituents is 1. The van der Waals surface area contributed by atoms with Gasteiger partial charge in [0.2, 0.25) is 5.91 Å². The molecule has 0 fully saturated rings. The smallest absolute Gasteiger partial charge is 0.306 e. The van der Waals surface area contributed by atoms with Gasteiger partial charge in [-0.05, 0) is 33.3 Å². The second kappa shape index (κ2) is 6.70. The standard InChI is InChI=1S/C17H21FN2O5/c1-17(2,3)25-14(22)5-4-12(15(19)23)20-8-11-10(16(20)24)6-9(18)7-13(11)21/h6-7,12,21H,4-5,8H2,1-3H3,(H2,19,23). The van der Waals surface area contributed by atoms with E-state index in [1.54, 1.807) is 20.8 Å². The molecule has 1 aromatic rings. The summed E-state index contributed by atoms with van der Waals surface area (Å²) in [5.74, 6) is -3.03. The Morgan fingerprint density at radius 1 is 1.40 bits per heavy atom. The minimum atomic E-state index is -1.06. The third kappa shape index (κ3) is 4.26. The summed E-state index contributed by atoms with van der Waals surface area (Å²) < 4.78 is 18.6. The van der Waals surface area contributed by atoms with Gasteiger partial charge in [-0.25, -0.2) is 4.39 Å². The molecule has 0 saturated carbocycles. The number of esters is 1. The average Bonchev–Trinajstić information content (AvgIpc) is 2.75. The van der Waals surface area contributed by atoms with Crippen LogP contribution in [0.3, 0.4) is 0 Å². The summed E-state index contributed by atoms with van der Waals surface area (Å²) in [6.45, 7) is 5.07. The topological polar surface area (TPSA) is 110 Å². The SMILES string of the molecule is CC(C)(C)OC(=O)CCC(C(N)=O)N1Cc2c(O)cc(F)cc2C1=O. The first-order chi connectivity index (χ1) is 11.5. The third-order valence-electron chi connectivity index (χ3n) is 3.76. The Morgan fingerprint density at radius 2 is 2.04 bits per heavy atom. The van der Waals surface area contributed by atoms with Crippen LogP contribution in [-0.2, 0) is 20.9 Å². The molecule has 25 heavy (non-hydrogen) atoms. The number of nitrogens with zero attached hydrogens (tertiary/aromatic N) is 1. The average molecular weight is 352 g/mol. The van der Waals surface area contributed by atoms with E-state index in [9.17, 15) is 23.9 Å². The molecule has 1 aromatic carbocycles. The highest BCUT2D eigenvalue weighted by molar-refractivity contribution is 6.01. The number of ether oxygens (including phenoxy) is 1. The van der Waals surface area contributed by atoms with Gasteiger partial charge in [0, 0.05) is 18.1 Å². The number of benzene rings is 1. The number of nitrogens with two attached hydrogens (primary N) is 1. The summed E-state index contributed by atoms with van der Waals surface area (Å²) in [5.41, 5.74) is 4.93. The monoisotopic (exact) mass is 352 g/mol. The van der Waals surface area contributed by atoms with Gasteiger partial charge < -0.3 is 20.5 Å². The molecule has 0 saturated heterocycles. The van der Waals surface area contributed by atoms with Crippen molar-refractivity contribution < 1.29 is 28.6 Å². The van der Waals surface area contributed by atoms with E-state index in [1.165, 1.54) is 0 Å². The fourth-order valence-corrected chi connectivity index (χ4v) is 2.73. The summed E-state index contributed by atoms with van der Waals surface area (Å²) in [6, 6.07) is 0.841. The van der Waals surface area contributed by atoms with E-state index in [0.717, 1.165) is 17.0 Å². The third-order valence-corrected chi connectivity index (χ3v) is 3.76. The first-order valence-electron chi connectivity index (χ1n) is 7.83. The minimum Gasteiger partial charge on any atom is -0.507 e. The molecule has 2 rings (SSSR count). The second-order valence-electron chi connectivity index (χ2n) is 6.93. The molecule has 0 radical (unpaired) electrons. The lowest BCUT2D eigenvalue weighted by Gasteiger charge is -2.25. The zero-order chi connectivity index (χ0) is 18.9. The molecule has 1 unspecified atom stereocenters. The molecule has 0 bridgehead atoms. The summed E-state index contributed by atoms with van der Waals surface area (Å²) in [6.07, 6.45) is -0.126. The molecule has 3 N–H and O–H groups in total. The highest BCUT2D eigenvalue weighted by atomic mass is 19.1. The molecular weight excluding hydrogens is 331 g/mol. The maximum Gasteiger partial charge on any atom is 0.306 e. The Hall–Kier alpha value is -2.64. The number of halogens is 1. The van der Waals surface area contributed by atoms with E-state index in [1.807, 2.05) is 0 Å². The van der Waals surface area contributed by atoms with Crippen LogP contribution in [0.1, 0.15) is 49.5 Å². The highest BCUT2D eigenvalue weighted by Gasteiger charge is 2.37. The number of fused-ring (bicyclic) bond motifs is 1. The van der Waals surface area contributed by atoms with Gasteiger partial charge in [0.05, 0.1) is 12.1 Å². The van der Waals surface area contributed by atoms with Crippen molar-refractivity contribution in [2.45, 2.75) is 51.8 Å². The predicted molar refractivity (Wildman–Crippen MR) is 86.0 cm³/mol. The number of primary amides is 1. The zero-order valence-electron chi connectivity index (χ0n) is 14.3. The van der Waals surface area contributed by atoms with Crippen molar-refractivity contribution in [2.75, 3.05) is 0 Å². The van der Waals surface area contributed by atoms with E-state index in [2.05, 4.69) is 0 Å². The maximum atomic E-state index is 13.4. The molecule has 136 valence electrons. The highest BCUT2D eigenvalue weighted by Crippen LogP contribution is 2.33. The lowest BCUT2D eigenvalue weighted by atomic mass is 10.1. The summed E-state index contributed by atoms with van der Waals surface area (Å²) in [4.78, 5) is 37.2. The van der Waals surface area contributed by atoms with Crippen molar-refractivity contribution in [3.8, 4) is 5.75 Å². The molecule has 0 aliphatic carbocycles. The van der Waals surface area contributed by atoms with Gasteiger partial charge >= 0.3 is 5.97 Å². The van der Waals surface area contributed by atoms with E-state index >= 15 is 0 Å². The number of phenols is 1. The second-order valence-corrected chi connectivity index (χ2v) is 6.93. The van der Waals surface area contributed by atoms with E-state index in [-0.39, 0.29) is 36.3 Å². The summed E-state index contributed by atoms with van der Waals surface area (Å²) in [5, 5.41) is 9.80. The summed E-state index contributed by atoms with van der Waals surface area (Å²) in [7, 11) is 0. The lowest BCUT2D eigenvalue weighted by molar-refractivity contribution is -0.155. The summed E-state index contributed by atoms with van der Waals surface area (Å²) >= 11 is 0. The Morgan fingerprint density at radius 3 is 2.60 bits per heavy atom. The zero-order valence-corrected chi connectivity index (χ0v) is 14.3. The fourth-order valence-electron chi connectivity index (χ4n) is 2.73. The van der Waals surface area contributed by atoms with Gasteiger partial charge in [0.25, 0.3) is 5.91 Å². The Kier molecular flexibility index (Phi) is 5.01. The number of hydrogen-bond donors (Lipinski definition) is 2. The van der Waals surface area contributed by atoms with E-state index in [4.69, 9.17) is 10.5 Å². The molecule has 0 aromatic heterocycles. The van der Waals surface area contributed by atoms with Crippen LogP contribution in [-0.4, -0.2) is 39.4 Å². The van der Waals surface area contributed by atoms with E-state index < -0.39 is 35.2 Å². The lowest BCUT2D eigenvalue weighted by Crippen LogP contribution is -2.45. The largest absolute Gasteiger partial charge is 0.507 e. The van der Waals surface area contributed by atoms with Crippen LogP contribution in [0.4, 0.5) is 4.39 Å². The predicted octanol–water partition coefficient (Wildman–Crippen LogP) is 1.46. The van der Waals surface area contributed by atoms with E-state index in [0.29, 0.717) is 0 Å². The Bertz CT molecular complexity index is 726. The minimum absolute atomic E-state index is 0.0129. The van der Waals surface area contributed by atoms with Gasteiger partial charge in [-0.3, -0.25) is 14.4 Å². The van der Waals surface area contributed by atoms with Crippen LogP contribution in [0.5, 0.6) is 5.75 Å². The van der Waals surface area contributed by atoms with Crippen LogP contribution < -0.4 is 5.73 Å². The molecule has 1 heterocycles. The number of carbonyl (C=O) groups excluding carboxylic acids is 3. The molecule has 1 aliphatic rings. The van der Waals surface area contributed by atoms with Crippen molar-refractivity contribution in [1.29, 1.82) is 0 Å². The van der Waals surface area contributed by atoms with Gasteiger partial charge in [-0.2, -0.15) is 0 Å². The van der Waals surface area contributed by atoms with Crippen molar-refractivity contribution in [3.63, 3.8) is 0 Å². The van der Waals surface area contributed by atoms with Crippen molar-refractivity contribution in [3.05, 3.63) is 29.1 Å². The Balaban J connectivity index is 2.14. The fraction of sp³-hybridized carbons (Fsp3) is 0.471. The number of aromatic hydroxyl groups is 1. The van der Waals surface area contributed by atoms with Crippen LogP contribution in [0.25, 0.3) is 0 Å². The molecule has 7 nitrogen and oxygen atoms in total. The van der Waals surface area contributed by atoms with Crippen molar-refractivity contribution >= 4 is 17.8 Å². The van der Waals surface area contributed by atoms with Crippen LogP contribution in [0, 0.1) is 5.82 Å².